The topological polar surface area (TPSA) is 67.9 Å². The van der Waals surface area contributed by atoms with Gasteiger partial charge in [-0.05, 0) is 18.2 Å². The number of rotatable bonds is 1. The molecule has 100 valence electrons. The molecule has 0 saturated carbocycles. The van der Waals surface area contributed by atoms with Crippen molar-refractivity contribution in [2.75, 3.05) is 31.7 Å². The van der Waals surface area contributed by atoms with Gasteiger partial charge in [-0.1, -0.05) is 0 Å². The molecule has 1 fully saturated rings. The first-order valence-electron chi connectivity index (χ1n) is 6.08. The van der Waals surface area contributed by atoms with Gasteiger partial charge in [0.25, 0.3) is 0 Å². The molecule has 19 heavy (non-hydrogen) atoms. The number of benzene rings is 1. The molecule has 1 amide bonds. The Kier molecular flexibility index (Phi) is 2.87. The molecule has 2 aliphatic heterocycles. The average Bonchev–Trinajstić information content (AvgIpc) is 2.45. The predicted octanol–water partition coefficient (Wildman–Crippen LogP) is 0.170. The van der Waals surface area contributed by atoms with E-state index in [0.717, 1.165) is 0 Å². The monoisotopic (exact) mass is 262 g/mol. The van der Waals surface area contributed by atoms with Gasteiger partial charge in [0.1, 0.15) is 12.4 Å². The molecule has 1 saturated heterocycles. The molecule has 6 heteroatoms. The van der Waals surface area contributed by atoms with Crippen molar-refractivity contribution in [3.63, 3.8) is 0 Å². The highest BCUT2D eigenvalue weighted by Gasteiger charge is 2.35. The highest BCUT2D eigenvalue weighted by molar-refractivity contribution is 6.00. The predicted molar refractivity (Wildman–Crippen MR) is 67.4 cm³/mol. The molecule has 1 unspecified atom stereocenters. The molecule has 0 bridgehead atoms. The molecule has 0 spiro atoms. The molecule has 1 atom stereocenters. The fourth-order valence-electron chi connectivity index (χ4n) is 2.45. The molecule has 3 rings (SSSR count). The molecule has 1 aromatic carbocycles. The quantitative estimate of drug-likeness (QED) is 0.731. The molecular weight excluding hydrogens is 248 g/mol. The van der Waals surface area contributed by atoms with E-state index in [9.17, 15) is 9.59 Å². The van der Waals surface area contributed by atoms with E-state index in [2.05, 4.69) is 5.32 Å². The normalized spacial score (nSPS) is 21.2. The lowest BCUT2D eigenvalue weighted by Crippen LogP contribution is -2.59. The van der Waals surface area contributed by atoms with Crippen LogP contribution in [0.3, 0.4) is 0 Å². The van der Waals surface area contributed by atoms with Crippen LogP contribution in [0.4, 0.5) is 5.69 Å². The number of piperazine rings is 1. The highest BCUT2D eigenvalue weighted by atomic mass is 16.5. The van der Waals surface area contributed by atoms with E-state index in [-0.39, 0.29) is 11.9 Å². The fraction of sp³-hybridized carbons (Fsp3) is 0.385. The first-order valence-corrected chi connectivity index (χ1v) is 6.08. The van der Waals surface area contributed by atoms with E-state index < -0.39 is 5.97 Å². The Morgan fingerprint density at radius 2 is 2.37 bits per heavy atom. The van der Waals surface area contributed by atoms with Gasteiger partial charge in [-0.15, -0.1) is 0 Å². The Hall–Kier alpha value is -2.08. The number of hydrogen-bond acceptors (Lipinski definition) is 5. The van der Waals surface area contributed by atoms with Crippen LogP contribution in [0.2, 0.25) is 0 Å². The zero-order valence-electron chi connectivity index (χ0n) is 10.5. The lowest BCUT2D eigenvalue weighted by Gasteiger charge is -2.40. The van der Waals surface area contributed by atoms with Gasteiger partial charge < -0.3 is 19.7 Å². The maximum absolute atomic E-state index is 12.0. The maximum atomic E-state index is 12.0. The van der Waals surface area contributed by atoms with Crippen LogP contribution in [0, 0.1) is 0 Å². The second-order valence-corrected chi connectivity index (χ2v) is 4.53. The number of nitrogens with one attached hydrogen (secondary N) is 1. The molecule has 0 aromatic heterocycles. The number of nitrogens with zero attached hydrogens (tertiary/aromatic N) is 1. The van der Waals surface area contributed by atoms with Crippen LogP contribution in [-0.2, 0) is 9.53 Å². The lowest BCUT2D eigenvalue weighted by atomic mass is 10.1. The van der Waals surface area contributed by atoms with Crippen LogP contribution in [-0.4, -0.2) is 44.7 Å². The van der Waals surface area contributed by atoms with E-state index in [1.54, 1.807) is 23.1 Å². The first-order chi connectivity index (χ1) is 9.20. The van der Waals surface area contributed by atoms with E-state index in [1.165, 1.54) is 7.11 Å². The van der Waals surface area contributed by atoms with E-state index >= 15 is 0 Å². The minimum Gasteiger partial charge on any atom is -0.489 e. The van der Waals surface area contributed by atoms with Gasteiger partial charge in [-0.25, -0.2) is 4.79 Å². The molecule has 1 N–H and O–H groups in total. The number of esters is 1. The van der Waals surface area contributed by atoms with Crippen molar-refractivity contribution >= 4 is 17.6 Å². The Balaban J connectivity index is 2.03. The van der Waals surface area contributed by atoms with Gasteiger partial charge in [0, 0.05) is 6.54 Å². The van der Waals surface area contributed by atoms with Crippen LogP contribution in [0.25, 0.3) is 0 Å². The molecule has 2 heterocycles. The number of amides is 1. The van der Waals surface area contributed by atoms with Gasteiger partial charge in [0.2, 0.25) is 5.91 Å². The van der Waals surface area contributed by atoms with Crippen molar-refractivity contribution in [3.8, 4) is 5.75 Å². The minimum absolute atomic E-state index is 0.0113. The van der Waals surface area contributed by atoms with Crippen molar-refractivity contribution in [3.05, 3.63) is 23.8 Å². The zero-order valence-corrected chi connectivity index (χ0v) is 10.5. The van der Waals surface area contributed by atoms with E-state index in [4.69, 9.17) is 9.47 Å². The average molecular weight is 262 g/mol. The van der Waals surface area contributed by atoms with E-state index in [1.807, 2.05) is 0 Å². The van der Waals surface area contributed by atoms with Crippen molar-refractivity contribution in [1.82, 2.24) is 5.32 Å². The number of methoxy groups -OCH3 is 1. The zero-order chi connectivity index (χ0) is 13.4. The fourth-order valence-corrected chi connectivity index (χ4v) is 2.45. The number of ether oxygens (including phenoxy) is 2. The van der Waals surface area contributed by atoms with Crippen molar-refractivity contribution in [2.24, 2.45) is 0 Å². The molecule has 0 radical (unpaired) electrons. The second-order valence-electron chi connectivity index (χ2n) is 4.53. The van der Waals surface area contributed by atoms with Crippen LogP contribution in [0.5, 0.6) is 5.75 Å². The van der Waals surface area contributed by atoms with Gasteiger partial charge in [0.15, 0.2) is 0 Å². The lowest BCUT2D eigenvalue weighted by molar-refractivity contribution is -0.119. The van der Waals surface area contributed by atoms with Crippen molar-refractivity contribution in [2.45, 2.75) is 6.04 Å². The number of anilines is 1. The summed E-state index contributed by atoms with van der Waals surface area (Å²) in [6.07, 6.45) is 0. The summed E-state index contributed by atoms with van der Waals surface area (Å²) in [7, 11) is 1.33. The van der Waals surface area contributed by atoms with Crippen LogP contribution >= 0.6 is 0 Å². The molecule has 1 aromatic rings. The SMILES string of the molecule is COC(=O)c1ccc2c(c1)N1C(=O)CNCC1CO2. The Labute approximate surface area is 110 Å². The Morgan fingerprint density at radius 1 is 1.53 bits per heavy atom. The molecule has 2 aliphatic rings. The summed E-state index contributed by atoms with van der Waals surface area (Å²) < 4.78 is 10.3. The third kappa shape index (κ3) is 1.94. The van der Waals surface area contributed by atoms with Gasteiger partial charge in [-0.2, -0.15) is 0 Å². The molecule has 6 nitrogen and oxygen atoms in total. The first kappa shape index (κ1) is 12.0. The van der Waals surface area contributed by atoms with Crippen molar-refractivity contribution in [1.29, 1.82) is 0 Å². The largest absolute Gasteiger partial charge is 0.489 e. The summed E-state index contributed by atoms with van der Waals surface area (Å²) in [5, 5.41) is 3.05. The summed E-state index contributed by atoms with van der Waals surface area (Å²) >= 11 is 0. The number of carbonyl (C=O) groups excluding carboxylic acids is 2. The number of fused-ring (bicyclic) bond motifs is 3. The third-order valence-corrected chi connectivity index (χ3v) is 3.36. The van der Waals surface area contributed by atoms with Crippen LogP contribution in [0.15, 0.2) is 18.2 Å². The molecule has 0 aliphatic carbocycles. The smallest absolute Gasteiger partial charge is 0.337 e. The van der Waals surface area contributed by atoms with Crippen LogP contribution < -0.4 is 15.0 Å². The maximum Gasteiger partial charge on any atom is 0.337 e. The second kappa shape index (κ2) is 4.55. The summed E-state index contributed by atoms with van der Waals surface area (Å²) in [6.45, 7) is 1.45. The summed E-state index contributed by atoms with van der Waals surface area (Å²) in [6, 6.07) is 4.96. The van der Waals surface area contributed by atoms with Crippen molar-refractivity contribution < 1.29 is 19.1 Å². The molecular formula is C13H14N2O4. The minimum atomic E-state index is -0.424. The van der Waals surface area contributed by atoms with Gasteiger partial charge >= 0.3 is 5.97 Å². The van der Waals surface area contributed by atoms with E-state index in [0.29, 0.717) is 36.7 Å². The number of hydrogen-bond donors (Lipinski definition) is 1. The number of carbonyl (C=O) groups is 2. The standard InChI is InChI=1S/C13H14N2O4/c1-18-13(17)8-2-3-11-10(4-8)15-9(7-19-11)5-14-6-12(15)16/h2-4,9,14H,5-7H2,1H3. The summed E-state index contributed by atoms with van der Waals surface area (Å²) in [5.41, 5.74) is 1.06. The summed E-state index contributed by atoms with van der Waals surface area (Å²) in [5.74, 6) is 0.189. The van der Waals surface area contributed by atoms with Gasteiger partial charge in [-0.3, -0.25) is 4.79 Å². The summed E-state index contributed by atoms with van der Waals surface area (Å²) in [4.78, 5) is 25.3. The third-order valence-electron chi connectivity index (χ3n) is 3.36. The Morgan fingerprint density at radius 3 is 3.16 bits per heavy atom. The Bertz CT molecular complexity index is 543. The van der Waals surface area contributed by atoms with Gasteiger partial charge in [0.05, 0.1) is 30.9 Å². The van der Waals surface area contributed by atoms with Crippen LogP contribution in [0.1, 0.15) is 10.4 Å². The highest BCUT2D eigenvalue weighted by Crippen LogP contribution is 2.35.